The second-order valence-corrected chi connectivity index (χ2v) is 12.7. The number of carbonyl (C=O) groups excluding carboxylic acids is 1. The first-order valence-corrected chi connectivity index (χ1v) is 15.3. The monoisotopic (exact) mass is 554 g/mol. The maximum absolute atomic E-state index is 11.9. The van der Waals surface area contributed by atoms with Crippen LogP contribution in [0.15, 0.2) is 30.6 Å². The van der Waals surface area contributed by atoms with Crippen LogP contribution < -0.4 is 19.7 Å². The van der Waals surface area contributed by atoms with Crippen LogP contribution in [-0.4, -0.2) is 85.4 Å². The summed E-state index contributed by atoms with van der Waals surface area (Å²) >= 11 is 0. The summed E-state index contributed by atoms with van der Waals surface area (Å²) in [4.78, 5) is 23.6. The van der Waals surface area contributed by atoms with E-state index in [4.69, 9.17) is 14.5 Å². The summed E-state index contributed by atoms with van der Waals surface area (Å²) < 4.78 is 39.7. The molecule has 0 bridgehead atoms. The topological polar surface area (TPSA) is 119 Å². The van der Waals surface area contributed by atoms with Gasteiger partial charge in [-0.3, -0.25) is 4.79 Å². The minimum Gasteiger partial charge on any atom is -0.495 e. The maximum Gasteiger partial charge on any atom is 0.241 e. The molecule has 0 radical (unpaired) electrons. The minimum absolute atomic E-state index is 0.0512. The number of fused-ring (bicyclic) bond motifs is 1. The molecule has 0 unspecified atom stereocenters. The normalized spacial score (nSPS) is 21.3. The first-order valence-electron chi connectivity index (χ1n) is 13.4. The molecule has 208 valence electrons. The number of pyridine rings is 1. The van der Waals surface area contributed by atoms with E-state index in [-0.39, 0.29) is 17.9 Å². The molecule has 4 heterocycles. The van der Waals surface area contributed by atoms with Crippen LogP contribution in [0.1, 0.15) is 32.2 Å². The summed E-state index contributed by atoms with van der Waals surface area (Å²) in [6, 6.07) is 8.35. The van der Waals surface area contributed by atoms with Crippen molar-refractivity contribution in [3.8, 4) is 22.9 Å². The average Bonchev–Trinajstić information content (AvgIpc) is 3.52. The number of imidazole rings is 1. The number of nitrogens with zero attached hydrogens (tertiary/aromatic N) is 5. The van der Waals surface area contributed by atoms with E-state index in [0.29, 0.717) is 56.8 Å². The van der Waals surface area contributed by atoms with Gasteiger partial charge in [-0.25, -0.2) is 18.4 Å². The Balaban J connectivity index is 1.32. The summed E-state index contributed by atoms with van der Waals surface area (Å²) in [5, 5.41) is 2.89. The average molecular weight is 555 g/mol. The summed E-state index contributed by atoms with van der Waals surface area (Å²) in [6.45, 7) is 4.63. The van der Waals surface area contributed by atoms with Gasteiger partial charge in [0.25, 0.3) is 0 Å². The molecular weight excluding hydrogens is 520 g/mol. The van der Waals surface area contributed by atoms with E-state index in [1.54, 1.807) is 7.11 Å². The van der Waals surface area contributed by atoms with Gasteiger partial charge in [0.2, 0.25) is 21.8 Å². The third-order valence-corrected chi connectivity index (χ3v) is 9.26. The van der Waals surface area contributed by atoms with Crippen molar-refractivity contribution in [1.29, 1.82) is 0 Å². The molecule has 1 aliphatic carbocycles. The van der Waals surface area contributed by atoms with E-state index < -0.39 is 10.0 Å². The third-order valence-electron chi connectivity index (χ3n) is 7.95. The highest BCUT2D eigenvalue weighted by atomic mass is 32.2. The summed E-state index contributed by atoms with van der Waals surface area (Å²) in [7, 11) is -1.57. The fourth-order valence-electron chi connectivity index (χ4n) is 5.48. The molecule has 3 aromatic rings. The van der Waals surface area contributed by atoms with Gasteiger partial charge in [-0.2, -0.15) is 4.31 Å². The molecule has 6 rings (SSSR count). The van der Waals surface area contributed by atoms with Crippen LogP contribution in [0.3, 0.4) is 0 Å². The SMILES string of the molecule is COc1cc(-c2cc3ncn(C4CC4)c3c(O[C@H](C)[C@H]3CNC(=O)C3)n2)ccc1N1CCN(S(C)(=O)=O)CC1. The van der Waals surface area contributed by atoms with Gasteiger partial charge in [0.05, 0.1) is 36.6 Å². The smallest absolute Gasteiger partial charge is 0.241 e. The van der Waals surface area contributed by atoms with Crippen molar-refractivity contribution in [2.24, 2.45) is 5.92 Å². The molecule has 0 spiro atoms. The molecule has 1 amide bonds. The zero-order valence-corrected chi connectivity index (χ0v) is 23.3. The molecule has 2 atom stereocenters. The van der Waals surface area contributed by atoms with Crippen molar-refractivity contribution in [2.75, 3.05) is 51.0 Å². The fraction of sp³-hybridized carbons (Fsp3) is 0.519. The van der Waals surface area contributed by atoms with Crippen molar-refractivity contribution in [3.05, 3.63) is 30.6 Å². The predicted molar refractivity (Wildman–Crippen MR) is 148 cm³/mol. The number of hydrogen-bond donors (Lipinski definition) is 1. The van der Waals surface area contributed by atoms with Crippen LogP contribution in [0.5, 0.6) is 11.6 Å². The number of benzene rings is 1. The Morgan fingerprint density at radius 1 is 1.13 bits per heavy atom. The molecule has 39 heavy (non-hydrogen) atoms. The number of aromatic nitrogens is 3. The summed E-state index contributed by atoms with van der Waals surface area (Å²) in [5.74, 6) is 1.35. The quantitative estimate of drug-likeness (QED) is 0.451. The Labute approximate surface area is 228 Å². The highest BCUT2D eigenvalue weighted by Crippen LogP contribution is 2.41. The van der Waals surface area contributed by atoms with Crippen molar-refractivity contribution >= 4 is 32.7 Å². The number of hydrogen-bond acceptors (Lipinski definition) is 8. The number of ether oxygens (including phenoxy) is 2. The zero-order valence-electron chi connectivity index (χ0n) is 22.5. The van der Waals surface area contributed by atoms with Crippen LogP contribution >= 0.6 is 0 Å². The van der Waals surface area contributed by atoms with E-state index in [1.807, 2.05) is 37.5 Å². The number of rotatable bonds is 8. The van der Waals surface area contributed by atoms with Crippen molar-refractivity contribution in [1.82, 2.24) is 24.2 Å². The number of nitrogens with one attached hydrogen (secondary N) is 1. The summed E-state index contributed by atoms with van der Waals surface area (Å²) in [6.07, 6.45) is 5.59. The number of sulfonamides is 1. The molecule has 2 aromatic heterocycles. The van der Waals surface area contributed by atoms with E-state index in [0.717, 1.165) is 40.8 Å². The predicted octanol–water partition coefficient (Wildman–Crippen LogP) is 2.43. The molecule has 12 heteroatoms. The standard InChI is InChI=1S/C27H34N6O5S/c1-17(19-13-25(34)28-15-19)38-27-26-22(29-16-33(26)20-5-6-20)14-21(30-27)18-4-7-23(24(12-18)37-2)31-8-10-32(11-9-31)39(3,35)36/h4,7,12,14,16-17,19-20H,5-6,8-11,13,15H2,1-3H3,(H,28,34)/t17-,19-/m1/s1. The lowest BCUT2D eigenvalue weighted by atomic mass is 10.0. The fourth-order valence-corrected chi connectivity index (χ4v) is 6.30. The first-order chi connectivity index (χ1) is 18.7. The lowest BCUT2D eigenvalue weighted by molar-refractivity contribution is -0.119. The zero-order chi connectivity index (χ0) is 27.3. The van der Waals surface area contributed by atoms with Crippen LogP contribution in [0.2, 0.25) is 0 Å². The van der Waals surface area contributed by atoms with Gasteiger partial charge in [0, 0.05) is 56.7 Å². The Morgan fingerprint density at radius 2 is 1.90 bits per heavy atom. The van der Waals surface area contributed by atoms with Gasteiger partial charge in [0.15, 0.2) is 0 Å². The lowest BCUT2D eigenvalue weighted by Gasteiger charge is -2.35. The van der Waals surface area contributed by atoms with Crippen LogP contribution in [-0.2, 0) is 14.8 Å². The molecule has 1 aromatic carbocycles. The van der Waals surface area contributed by atoms with Gasteiger partial charge >= 0.3 is 0 Å². The highest BCUT2D eigenvalue weighted by molar-refractivity contribution is 7.88. The second-order valence-electron chi connectivity index (χ2n) is 10.7. The number of anilines is 1. The van der Waals surface area contributed by atoms with E-state index in [1.165, 1.54) is 10.6 Å². The Kier molecular flexibility index (Phi) is 6.62. The molecule has 2 aliphatic heterocycles. The van der Waals surface area contributed by atoms with Gasteiger partial charge in [-0.05, 0) is 38.0 Å². The van der Waals surface area contributed by atoms with Crippen molar-refractivity contribution in [3.63, 3.8) is 0 Å². The number of carbonyl (C=O) groups is 1. The van der Waals surface area contributed by atoms with E-state index >= 15 is 0 Å². The largest absolute Gasteiger partial charge is 0.495 e. The van der Waals surface area contributed by atoms with Gasteiger partial charge in [-0.15, -0.1) is 0 Å². The molecule has 1 saturated carbocycles. The van der Waals surface area contributed by atoms with Crippen molar-refractivity contribution < 1.29 is 22.7 Å². The number of methoxy groups -OCH3 is 1. The number of piperazine rings is 1. The minimum atomic E-state index is -3.20. The molecule has 11 nitrogen and oxygen atoms in total. The highest BCUT2D eigenvalue weighted by Gasteiger charge is 2.31. The first kappa shape index (κ1) is 25.9. The third kappa shape index (κ3) is 5.14. The molecule has 1 N–H and O–H groups in total. The van der Waals surface area contributed by atoms with Crippen LogP contribution in [0.25, 0.3) is 22.3 Å². The van der Waals surface area contributed by atoms with Gasteiger partial charge in [0.1, 0.15) is 17.4 Å². The Morgan fingerprint density at radius 3 is 2.54 bits per heavy atom. The van der Waals surface area contributed by atoms with Crippen molar-refractivity contribution in [2.45, 2.75) is 38.3 Å². The molecular formula is C27H34N6O5S. The summed E-state index contributed by atoms with van der Waals surface area (Å²) in [5.41, 5.74) is 4.20. The van der Waals surface area contributed by atoms with Gasteiger partial charge < -0.3 is 24.3 Å². The van der Waals surface area contributed by atoms with E-state index in [9.17, 15) is 13.2 Å². The van der Waals surface area contributed by atoms with Crippen LogP contribution in [0, 0.1) is 5.92 Å². The second kappa shape index (κ2) is 9.98. The molecule has 3 fully saturated rings. The molecule has 3 aliphatic rings. The van der Waals surface area contributed by atoms with Crippen LogP contribution in [0.4, 0.5) is 5.69 Å². The molecule has 2 saturated heterocycles. The Hall–Kier alpha value is -3.38. The number of amides is 1. The van der Waals surface area contributed by atoms with E-state index in [2.05, 4.69) is 19.8 Å². The van der Waals surface area contributed by atoms with Gasteiger partial charge in [-0.1, -0.05) is 6.07 Å². The maximum atomic E-state index is 11.9. The Bertz CT molecular complexity index is 1510. The lowest BCUT2D eigenvalue weighted by Crippen LogP contribution is -2.48.